The van der Waals surface area contributed by atoms with Crippen molar-refractivity contribution in [3.63, 3.8) is 0 Å². The van der Waals surface area contributed by atoms with Gasteiger partial charge in [-0.3, -0.25) is 4.72 Å². The van der Waals surface area contributed by atoms with E-state index in [0.29, 0.717) is 5.02 Å². The Morgan fingerprint density at radius 1 is 1.00 bits per heavy atom. The molecule has 0 aliphatic rings. The number of aromatic nitrogens is 2. The first-order valence-electron chi connectivity index (χ1n) is 4.73. The second kappa shape index (κ2) is 5.09. The highest BCUT2D eigenvalue weighted by Crippen LogP contribution is 2.17. The quantitative estimate of drug-likeness (QED) is 0.946. The molecule has 0 saturated heterocycles. The van der Waals surface area contributed by atoms with Gasteiger partial charge in [-0.1, -0.05) is 23.2 Å². The minimum atomic E-state index is -3.70. The Hall–Kier alpha value is -1.37. The summed E-state index contributed by atoms with van der Waals surface area (Å²) in [6.07, 6.45) is 2.48. The third-order valence-electron chi connectivity index (χ3n) is 1.98. The Morgan fingerprint density at radius 2 is 1.67 bits per heavy atom. The molecule has 0 amide bonds. The molecule has 0 atom stereocenters. The van der Waals surface area contributed by atoms with Crippen molar-refractivity contribution in [1.29, 1.82) is 0 Å². The molecular weight excluding hydrogens is 297 g/mol. The molecule has 1 aromatic heterocycles. The van der Waals surface area contributed by atoms with Crippen LogP contribution in [0.3, 0.4) is 0 Å². The molecular formula is C10H7Cl2N3O2S. The first-order valence-corrected chi connectivity index (χ1v) is 6.97. The maximum absolute atomic E-state index is 11.9. The van der Waals surface area contributed by atoms with E-state index in [1.54, 1.807) is 0 Å². The van der Waals surface area contributed by atoms with Crippen LogP contribution in [0.2, 0.25) is 10.2 Å². The molecule has 0 aliphatic carbocycles. The third-order valence-corrected chi connectivity index (χ3v) is 3.80. The van der Waals surface area contributed by atoms with Crippen LogP contribution in [0.1, 0.15) is 0 Å². The third kappa shape index (κ3) is 3.10. The van der Waals surface area contributed by atoms with Crippen LogP contribution in [0.4, 0.5) is 5.82 Å². The van der Waals surface area contributed by atoms with Crippen molar-refractivity contribution in [2.45, 2.75) is 4.90 Å². The topological polar surface area (TPSA) is 72.0 Å². The van der Waals surface area contributed by atoms with Gasteiger partial charge in [-0.05, 0) is 24.3 Å². The number of hydrogen-bond acceptors (Lipinski definition) is 4. The zero-order valence-corrected chi connectivity index (χ0v) is 11.2. The summed E-state index contributed by atoms with van der Waals surface area (Å²) in [5, 5.41) is 0.643. The Morgan fingerprint density at radius 3 is 2.22 bits per heavy atom. The van der Waals surface area contributed by atoms with E-state index in [4.69, 9.17) is 23.2 Å². The highest BCUT2D eigenvalue weighted by molar-refractivity contribution is 7.92. The standard InChI is InChI=1S/C10H7Cl2N3O2S/c11-7-1-3-8(4-2-7)18(16,17)15-10-6-13-9(12)5-14-10/h1-6H,(H,14,15). The first kappa shape index (κ1) is 13.1. The average Bonchev–Trinajstić information content (AvgIpc) is 2.32. The fraction of sp³-hybridized carbons (Fsp3) is 0. The monoisotopic (exact) mass is 303 g/mol. The van der Waals surface area contributed by atoms with Crippen molar-refractivity contribution in [2.24, 2.45) is 0 Å². The molecule has 1 heterocycles. The molecule has 94 valence electrons. The van der Waals surface area contributed by atoms with Gasteiger partial charge in [-0.25, -0.2) is 18.4 Å². The van der Waals surface area contributed by atoms with Crippen molar-refractivity contribution >= 4 is 39.0 Å². The van der Waals surface area contributed by atoms with E-state index in [1.807, 2.05) is 0 Å². The summed E-state index contributed by atoms with van der Waals surface area (Å²) in [6, 6.07) is 5.77. The lowest BCUT2D eigenvalue weighted by molar-refractivity contribution is 0.601. The summed E-state index contributed by atoms with van der Waals surface area (Å²) in [5.41, 5.74) is 0. The van der Waals surface area contributed by atoms with Crippen LogP contribution in [0.15, 0.2) is 41.6 Å². The zero-order valence-electron chi connectivity index (χ0n) is 8.84. The minimum Gasteiger partial charge on any atom is -0.262 e. The second-order valence-electron chi connectivity index (χ2n) is 3.28. The first-order chi connectivity index (χ1) is 8.47. The zero-order chi connectivity index (χ0) is 13.2. The number of nitrogens with zero attached hydrogens (tertiary/aromatic N) is 2. The van der Waals surface area contributed by atoms with Gasteiger partial charge in [0.05, 0.1) is 17.3 Å². The molecule has 0 fully saturated rings. The summed E-state index contributed by atoms with van der Waals surface area (Å²) in [4.78, 5) is 7.61. The number of sulfonamides is 1. The van der Waals surface area contributed by atoms with Gasteiger partial charge in [0.25, 0.3) is 10.0 Å². The van der Waals surface area contributed by atoms with Gasteiger partial charge in [0, 0.05) is 5.02 Å². The van der Waals surface area contributed by atoms with Gasteiger partial charge in [-0.2, -0.15) is 0 Å². The summed E-state index contributed by atoms with van der Waals surface area (Å²) in [7, 11) is -3.70. The van der Waals surface area contributed by atoms with Crippen molar-refractivity contribution in [2.75, 3.05) is 4.72 Å². The number of hydrogen-bond donors (Lipinski definition) is 1. The highest BCUT2D eigenvalue weighted by atomic mass is 35.5. The summed E-state index contributed by atoms with van der Waals surface area (Å²) in [5.74, 6) is 0.0920. The van der Waals surface area contributed by atoms with Gasteiger partial charge in [0.1, 0.15) is 5.15 Å². The Bertz CT molecular complexity index is 642. The average molecular weight is 304 g/mol. The fourth-order valence-corrected chi connectivity index (χ4v) is 2.39. The number of nitrogens with one attached hydrogen (secondary N) is 1. The van der Waals surface area contributed by atoms with Crippen LogP contribution >= 0.6 is 23.2 Å². The summed E-state index contributed by atoms with van der Waals surface area (Å²) < 4.78 is 26.2. The molecule has 2 rings (SSSR count). The van der Waals surface area contributed by atoms with Gasteiger partial charge in [0.2, 0.25) is 0 Å². The number of rotatable bonds is 3. The van der Waals surface area contributed by atoms with Gasteiger partial charge in [-0.15, -0.1) is 0 Å². The van der Waals surface area contributed by atoms with E-state index >= 15 is 0 Å². The molecule has 8 heteroatoms. The van der Waals surface area contributed by atoms with Crippen molar-refractivity contribution < 1.29 is 8.42 Å². The van der Waals surface area contributed by atoms with Crippen LogP contribution in [0, 0.1) is 0 Å². The predicted octanol–water partition coefficient (Wildman–Crippen LogP) is 2.58. The maximum Gasteiger partial charge on any atom is 0.263 e. The Balaban J connectivity index is 2.27. The van der Waals surface area contributed by atoms with E-state index in [2.05, 4.69) is 14.7 Å². The van der Waals surface area contributed by atoms with Crippen LogP contribution in [0.5, 0.6) is 0 Å². The second-order valence-corrected chi connectivity index (χ2v) is 5.79. The van der Waals surface area contributed by atoms with E-state index in [9.17, 15) is 8.42 Å². The summed E-state index contributed by atoms with van der Waals surface area (Å²) in [6.45, 7) is 0. The number of anilines is 1. The smallest absolute Gasteiger partial charge is 0.262 e. The van der Waals surface area contributed by atoms with Gasteiger partial charge in [0.15, 0.2) is 5.82 Å². The molecule has 0 unspecified atom stereocenters. The van der Waals surface area contributed by atoms with E-state index in [1.165, 1.54) is 36.7 Å². The van der Waals surface area contributed by atoms with Gasteiger partial charge < -0.3 is 0 Å². The molecule has 18 heavy (non-hydrogen) atoms. The van der Waals surface area contributed by atoms with Crippen molar-refractivity contribution in [1.82, 2.24) is 9.97 Å². The molecule has 0 aliphatic heterocycles. The van der Waals surface area contributed by atoms with Gasteiger partial charge >= 0.3 is 0 Å². The van der Waals surface area contributed by atoms with E-state index in [-0.39, 0.29) is 15.9 Å². The SMILES string of the molecule is O=S(=O)(Nc1cnc(Cl)cn1)c1ccc(Cl)cc1. The maximum atomic E-state index is 11.9. The van der Waals surface area contributed by atoms with E-state index in [0.717, 1.165) is 0 Å². The van der Waals surface area contributed by atoms with Crippen LogP contribution < -0.4 is 4.72 Å². The molecule has 0 radical (unpaired) electrons. The number of benzene rings is 1. The normalized spacial score (nSPS) is 11.2. The predicted molar refractivity (Wildman–Crippen MR) is 69.3 cm³/mol. The minimum absolute atomic E-state index is 0.0867. The Labute approximate surface area is 114 Å². The molecule has 1 aromatic carbocycles. The summed E-state index contributed by atoms with van der Waals surface area (Å²) >= 11 is 11.2. The molecule has 1 N–H and O–H groups in total. The number of halogens is 2. The molecule has 0 spiro atoms. The lowest BCUT2D eigenvalue weighted by Crippen LogP contribution is -2.13. The highest BCUT2D eigenvalue weighted by Gasteiger charge is 2.14. The molecule has 5 nitrogen and oxygen atoms in total. The van der Waals surface area contributed by atoms with Crippen LogP contribution in [-0.4, -0.2) is 18.4 Å². The van der Waals surface area contributed by atoms with Crippen molar-refractivity contribution in [3.05, 3.63) is 46.8 Å². The van der Waals surface area contributed by atoms with Crippen LogP contribution in [-0.2, 0) is 10.0 Å². The molecule has 0 saturated carbocycles. The lowest BCUT2D eigenvalue weighted by Gasteiger charge is -2.06. The molecule has 0 bridgehead atoms. The Kier molecular flexibility index (Phi) is 3.70. The van der Waals surface area contributed by atoms with Crippen molar-refractivity contribution in [3.8, 4) is 0 Å². The largest absolute Gasteiger partial charge is 0.263 e. The molecule has 2 aromatic rings. The van der Waals surface area contributed by atoms with Crippen LogP contribution in [0.25, 0.3) is 0 Å². The van der Waals surface area contributed by atoms with E-state index < -0.39 is 10.0 Å². The fourth-order valence-electron chi connectivity index (χ4n) is 1.18. The lowest BCUT2D eigenvalue weighted by atomic mass is 10.4.